The molecule has 0 unspecified atom stereocenters. The molecule has 2 aromatic heterocycles. The van der Waals surface area contributed by atoms with Gasteiger partial charge < -0.3 is 18.6 Å². The van der Waals surface area contributed by atoms with Crippen molar-refractivity contribution in [2.75, 3.05) is 13.2 Å². The van der Waals surface area contributed by atoms with Crippen LogP contribution in [0.4, 0.5) is 11.4 Å². The van der Waals surface area contributed by atoms with Crippen molar-refractivity contribution in [1.82, 2.24) is 9.13 Å². The number of esters is 2. The van der Waals surface area contributed by atoms with Crippen molar-refractivity contribution >= 4 is 23.3 Å². The molecule has 12 nitrogen and oxygen atoms in total. The number of carbonyl (C=O) groups is 2. The molecule has 0 aliphatic rings. The van der Waals surface area contributed by atoms with Gasteiger partial charge in [-0.05, 0) is 26.7 Å². The second-order valence-electron chi connectivity index (χ2n) is 8.34. The molecule has 0 bridgehead atoms. The molecule has 0 atom stereocenters. The number of nitro groups is 2. The SMILES string of the molecule is CCOC(=O)c1cc([N+](=O)[O-])cn1CCCCCCCCCCn1cc([N+](=O)[O-])cc1C(=O)OCC. The number of carbonyl (C=O) groups excluding carboxylic acids is 2. The molecule has 0 spiro atoms. The minimum Gasteiger partial charge on any atom is -0.461 e. The minimum absolute atomic E-state index is 0.123. The molecule has 0 aromatic carbocycles. The lowest BCUT2D eigenvalue weighted by Crippen LogP contribution is -2.11. The van der Waals surface area contributed by atoms with Gasteiger partial charge in [0.15, 0.2) is 0 Å². The monoisotopic (exact) mass is 506 g/mol. The molecule has 36 heavy (non-hydrogen) atoms. The van der Waals surface area contributed by atoms with Crippen molar-refractivity contribution in [3.05, 3.63) is 56.1 Å². The average Bonchev–Trinajstić information content (AvgIpc) is 3.46. The van der Waals surface area contributed by atoms with Gasteiger partial charge in [-0.3, -0.25) is 20.2 Å². The smallest absolute Gasteiger partial charge is 0.355 e. The fourth-order valence-electron chi connectivity index (χ4n) is 3.94. The molecule has 2 rings (SSSR count). The lowest BCUT2D eigenvalue weighted by atomic mass is 10.1. The van der Waals surface area contributed by atoms with Crippen LogP contribution in [0.25, 0.3) is 0 Å². The zero-order valence-corrected chi connectivity index (χ0v) is 20.8. The molecule has 0 amide bonds. The minimum atomic E-state index is -0.561. The fourth-order valence-corrected chi connectivity index (χ4v) is 3.94. The van der Waals surface area contributed by atoms with Gasteiger partial charge in [-0.1, -0.05) is 38.5 Å². The van der Waals surface area contributed by atoms with Gasteiger partial charge in [0.25, 0.3) is 11.4 Å². The first-order valence-corrected chi connectivity index (χ1v) is 12.3. The molecule has 0 fully saturated rings. The number of ether oxygens (including phenoxy) is 2. The summed E-state index contributed by atoms with van der Waals surface area (Å²) in [5.74, 6) is -1.12. The molecule has 198 valence electrons. The Morgan fingerprint density at radius 2 is 1.03 bits per heavy atom. The van der Waals surface area contributed by atoms with Gasteiger partial charge in [-0.2, -0.15) is 0 Å². The van der Waals surface area contributed by atoms with Crippen LogP contribution in [0.3, 0.4) is 0 Å². The van der Waals surface area contributed by atoms with E-state index in [1.807, 2.05) is 0 Å². The highest BCUT2D eigenvalue weighted by Gasteiger charge is 2.21. The summed E-state index contributed by atoms with van der Waals surface area (Å²) in [4.78, 5) is 45.1. The maximum absolute atomic E-state index is 12.0. The van der Waals surface area contributed by atoms with Crippen molar-refractivity contribution in [3.8, 4) is 0 Å². The maximum Gasteiger partial charge on any atom is 0.355 e. The Balaban J connectivity index is 1.67. The van der Waals surface area contributed by atoms with Gasteiger partial charge in [-0.15, -0.1) is 0 Å². The van der Waals surface area contributed by atoms with E-state index in [1.54, 1.807) is 23.0 Å². The van der Waals surface area contributed by atoms with Crippen LogP contribution in [0.15, 0.2) is 24.5 Å². The van der Waals surface area contributed by atoms with Gasteiger partial charge in [0.1, 0.15) is 11.4 Å². The van der Waals surface area contributed by atoms with Gasteiger partial charge in [0, 0.05) is 25.2 Å². The van der Waals surface area contributed by atoms with E-state index in [9.17, 15) is 29.8 Å². The number of rotatable bonds is 17. The second-order valence-corrected chi connectivity index (χ2v) is 8.34. The van der Waals surface area contributed by atoms with Gasteiger partial charge in [0.05, 0.1) is 35.5 Å². The topological polar surface area (TPSA) is 149 Å². The predicted octanol–water partition coefficient (Wildman–Crippen LogP) is 5.28. The van der Waals surface area contributed by atoms with Crippen LogP contribution in [0.1, 0.15) is 86.2 Å². The Morgan fingerprint density at radius 1 is 0.694 bits per heavy atom. The molecule has 0 N–H and O–H groups in total. The predicted molar refractivity (Wildman–Crippen MR) is 131 cm³/mol. The Morgan fingerprint density at radius 3 is 1.33 bits per heavy atom. The highest BCUT2D eigenvalue weighted by molar-refractivity contribution is 5.89. The first-order valence-electron chi connectivity index (χ1n) is 12.3. The molecule has 2 aromatic rings. The Hall–Kier alpha value is -3.70. The number of nitrogens with zero attached hydrogens (tertiary/aromatic N) is 4. The third kappa shape index (κ3) is 8.51. The van der Waals surface area contributed by atoms with E-state index in [2.05, 4.69) is 0 Å². The second kappa shape index (κ2) is 14.6. The molecule has 0 radical (unpaired) electrons. The molecule has 0 aliphatic carbocycles. The Bertz CT molecular complexity index is 961. The standard InChI is InChI=1S/C24H34N4O8/c1-3-35-23(29)21-15-19(27(31)32)17-25(21)13-11-9-7-5-6-8-10-12-14-26-18-20(28(33)34)16-22(26)24(30)36-4-2/h15-18H,3-14H2,1-2H3. The molecule has 0 saturated carbocycles. The summed E-state index contributed by atoms with van der Waals surface area (Å²) >= 11 is 0. The third-order valence-corrected chi connectivity index (χ3v) is 5.70. The van der Waals surface area contributed by atoms with E-state index in [4.69, 9.17) is 9.47 Å². The summed E-state index contributed by atoms with van der Waals surface area (Å²) in [6.45, 7) is 4.80. The van der Waals surface area contributed by atoms with Crippen LogP contribution in [-0.2, 0) is 22.6 Å². The number of hydrogen-bond donors (Lipinski definition) is 0. The van der Waals surface area contributed by atoms with Crippen molar-refractivity contribution in [1.29, 1.82) is 0 Å². The Labute approximate surface area is 209 Å². The number of hydrogen-bond acceptors (Lipinski definition) is 8. The summed E-state index contributed by atoms with van der Waals surface area (Å²) in [5, 5.41) is 22.1. The molecule has 2 heterocycles. The van der Waals surface area contributed by atoms with Crippen LogP contribution in [-0.4, -0.2) is 44.1 Å². The van der Waals surface area contributed by atoms with E-state index < -0.39 is 21.8 Å². The lowest BCUT2D eigenvalue weighted by molar-refractivity contribution is -0.385. The highest BCUT2D eigenvalue weighted by Crippen LogP contribution is 2.20. The summed E-state index contributed by atoms with van der Waals surface area (Å²) < 4.78 is 13.2. The zero-order chi connectivity index (χ0) is 26.5. The molecular formula is C24H34N4O8. The van der Waals surface area contributed by atoms with Crippen LogP contribution >= 0.6 is 0 Å². The number of aryl methyl sites for hydroxylation is 2. The highest BCUT2D eigenvalue weighted by atomic mass is 16.6. The van der Waals surface area contributed by atoms with E-state index >= 15 is 0 Å². The van der Waals surface area contributed by atoms with Gasteiger partial charge in [0.2, 0.25) is 0 Å². The van der Waals surface area contributed by atoms with Gasteiger partial charge >= 0.3 is 11.9 Å². The van der Waals surface area contributed by atoms with Gasteiger partial charge in [-0.25, -0.2) is 9.59 Å². The summed E-state index contributed by atoms with van der Waals surface area (Å²) in [6, 6.07) is 2.50. The normalized spacial score (nSPS) is 10.8. The van der Waals surface area contributed by atoms with Crippen LogP contribution in [0.2, 0.25) is 0 Å². The van der Waals surface area contributed by atoms with E-state index in [0.717, 1.165) is 51.4 Å². The van der Waals surface area contributed by atoms with E-state index in [1.165, 1.54) is 24.5 Å². The molecule has 0 saturated heterocycles. The fraction of sp³-hybridized carbons (Fsp3) is 0.583. The van der Waals surface area contributed by atoms with Crippen LogP contribution in [0, 0.1) is 20.2 Å². The Kier molecular flexibility index (Phi) is 11.6. The number of unbranched alkanes of at least 4 members (excludes halogenated alkanes) is 7. The van der Waals surface area contributed by atoms with Crippen molar-refractivity contribution in [2.24, 2.45) is 0 Å². The molecule has 0 aliphatic heterocycles. The van der Waals surface area contributed by atoms with Crippen LogP contribution < -0.4 is 0 Å². The molecular weight excluding hydrogens is 472 g/mol. The van der Waals surface area contributed by atoms with Crippen molar-refractivity contribution < 1.29 is 28.9 Å². The van der Waals surface area contributed by atoms with Crippen molar-refractivity contribution in [3.63, 3.8) is 0 Å². The maximum atomic E-state index is 12.0. The van der Waals surface area contributed by atoms with Crippen LogP contribution in [0.5, 0.6) is 0 Å². The third-order valence-electron chi connectivity index (χ3n) is 5.70. The quantitative estimate of drug-likeness (QED) is 0.122. The summed E-state index contributed by atoms with van der Waals surface area (Å²) in [6.07, 6.45) is 10.3. The average molecular weight is 507 g/mol. The largest absolute Gasteiger partial charge is 0.461 e. The van der Waals surface area contributed by atoms with Crippen molar-refractivity contribution in [2.45, 2.75) is 78.3 Å². The first-order chi connectivity index (χ1) is 17.3. The zero-order valence-electron chi connectivity index (χ0n) is 20.8. The summed E-state index contributed by atoms with van der Waals surface area (Å²) in [7, 11) is 0. The van der Waals surface area contributed by atoms with E-state index in [-0.39, 0.29) is 36.0 Å². The lowest BCUT2D eigenvalue weighted by Gasteiger charge is -2.08. The van der Waals surface area contributed by atoms with E-state index in [0.29, 0.717) is 13.1 Å². The first kappa shape index (κ1) is 28.5. The molecule has 12 heteroatoms. The number of aromatic nitrogens is 2. The summed E-state index contributed by atoms with van der Waals surface area (Å²) in [5.41, 5.74) is 0.147.